The molecule has 0 radical (unpaired) electrons. The average molecular weight is 224 g/mol. The first-order valence-electron chi connectivity index (χ1n) is 5.14. The van der Waals surface area contributed by atoms with Crippen molar-refractivity contribution in [3.05, 3.63) is 48.2 Å². The molecule has 0 amide bonds. The molecule has 3 aromatic rings. The first-order valence-corrected chi connectivity index (χ1v) is 5.14. The average Bonchev–Trinajstić information content (AvgIpc) is 2.37. The van der Waals surface area contributed by atoms with Gasteiger partial charge in [0.05, 0.1) is 17.3 Å². The standard InChI is InChI=1S/C13H8N2O2/c16-13(17)10-7-14-15-11-6-5-8-3-1-2-4-9(8)12(10)11/h1-7H,(H,16,17). The van der Waals surface area contributed by atoms with Gasteiger partial charge in [-0.3, -0.25) is 0 Å². The van der Waals surface area contributed by atoms with Gasteiger partial charge in [-0.05, 0) is 16.8 Å². The fraction of sp³-hybridized carbons (Fsp3) is 0. The maximum absolute atomic E-state index is 11.2. The molecule has 0 bridgehead atoms. The predicted molar refractivity (Wildman–Crippen MR) is 64.0 cm³/mol. The molecule has 0 fully saturated rings. The third kappa shape index (κ3) is 1.42. The number of aromatic carboxylic acids is 1. The Hall–Kier alpha value is -2.49. The van der Waals surface area contributed by atoms with E-state index < -0.39 is 5.97 Å². The highest BCUT2D eigenvalue weighted by molar-refractivity contribution is 6.14. The first kappa shape index (κ1) is 9.72. The molecule has 0 saturated heterocycles. The van der Waals surface area contributed by atoms with Crippen LogP contribution in [-0.2, 0) is 0 Å². The van der Waals surface area contributed by atoms with Crippen molar-refractivity contribution in [3.8, 4) is 0 Å². The topological polar surface area (TPSA) is 63.1 Å². The summed E-state index contributed by atoms with van der Waals surface area (Å²) < 4.78 is 0. The molecule has 0 atom stereocenters. The van der Waals surface area contributed by atoms with Gasteiger partial charge in [0.1, 0.15) is 0 Å². The van der Waals surface area contributed by atoms with Crippen LogP contribution in [0.3, 0.4) is 0 Å². The Balaban J connectivity index is 2.59. The van der Waals surface area contributed by atoms with Crippen LogP contribution in [0.15, 0.2) is 42.6 Å². The summed E-state index contributed by atoms with van der Waals surface area (Å²) >= 11 is 0. The molecule has 0 aliphatic rings. The van der Waals surface area contributed by atoms with Crippen LogP contribution >= 0.6 is 0 Å². The van der Waals surface area contributed by atoms with Gasteiger partial charge in [-0.1, -0.05) is 30.3 Å². The van der Waals surface area contributed by atoms with Crippen LogP contribution in [0.2, 0.25) is 0 Å². The summed E-state index contributed by atoms with van der Waals surface area (Å²) in [5.41, 5.74) is 0.787. The van der Waals surface area contributed by atoms with Crippen molar-refractivity contribution < 1.29 is 9.90 Å². The van der Waals surface area contributed by atoms with Gasteiger partial charge in [0.15, 0.2) is 0 Å². The van der Waals surface area contributed by atoms with Crippen molar-refractivity contribution in [2.75, 3.05) is 0 Å². The Morgan fingerprint density at radius 3 is 2.76 bits per heavy atom. The van der Waals surface area contributed by atoms with E-state index in [1.165, 1.54) is 6.20 Å². The number of carboxylic acids is 1. The van der Waals surface area contributed by atoms with Gasteiger partial charge in [0.25, 0.3) is 0 Å². The zero-order valence-electron chi connectivity index (χ0n) is 8.79. The van der Waals surface area contributed by atoms with E-state index in [0.717, 1.165) is 10.8 Å². The van der Waals surface area contributed by atoms with E-state index in [2.05, 4.69) is 10.2 Å². The quantitative estimate of drug-likeness (QED) is 0.645. The van der Waals surface area contributed by atoms with Crippen molar-refractivity contribution in [2.24, 2.45) is 0 Å². The van der Waals surface area contributed by atoms with E-state index in [4.69, 9.17) is 0 Å². The van der Waals surface area contributed by atoms with Crippen molar-refractivity contribution in [1.29, 1.82) is 0 Å². The van der Waals surface area contributed by atoms with Gasteiger partial charge in [0, 0.05) is 5.39 Å². The highest BCUT2D eigenvalue weighted by Crippen LogP contribution is 2.26. The van der Waals surface area contributed by atoms with Gasteiger partial charge in [-0.25, -0.2) is 4.79 Å². The largest absolute Gasteiger partial charge is 0.478 e. The molecular formula is C13H8N2O2. The SMILES string of the molecule is O=C(O)c1cnnc2ccc3ccccc3c12. The number of aromatic nitrogens is 2. The molecule has 4 heteroatoms. The van der Waals surface area contributed by atoms with Crippen LogP contribution in [-0.4, -0.2) is 21.3 Å². The third-order valence-corrected chi connectivity index (χ3v) is 2.76. The van der Waals surface area contributed by atoms with Crippen molar-refractivity contribution in [1.82, 2.24) is 10.2 Å². The molecule has 0 aliphatic heterocycles. The lowest BCUT2D eigenvalue weighted by Crippen LogP contribution is -2.00. The zero-order chi connectivity index (χ0) is 11.8. The Morgan fingerprint density at radius 1 is 1.12 bits per heavy atom. The summed E-state index contributed by atoms with van der Waals surface area (Å²) in [5, 5.41) is 19.4. The van der Waals surface area contributed by atoms with E-state index in [0.29, 0.717) is 10.9 Å². The molecule has 0 aliphatic carbocycles. The lowest BCUT2D eigenvalue weighted by Gasteiger charge is -2.04. The van der Waals surface area contributed by atoms with Crippen molar-refractivity contribution in [2.45, 2.75) is 0 Å². The number of benzene rings is 2. The van der Waals surface area contributed by atoms with E-state index in [1.807, 2.05) is 30.3 Å². The number of carbonyl (C=O) groups is 1. The van der Waals surface area contributed by atoms with Gasteiger partial charge >= 0.3 is 5.97 Å². The highest BCUT2D eigenvalue weighted by atomic mass is 16.4. The van der Waals surface area contributed by atoms with E-state index >= 15 is 0 Å². The van der Waals surface area contributed by atoms with E-state index in [-0.39, 0.29) is 5.56 Å². The molecule has 17 heavy (non-hydrogen) atoms. The van der Waals surface area contributed by atoms with Crippen LogP contribution in [0.4, 0.5) is 0 Å². The molecule has 0 unspecified atom stereocenters. The minimum atomic E-state index is -0.985. The van der Waals surface area contributed by atoms with Gasteiger partial charge in [-0.2, -0.15) is 10.2 Å². The summed E-state index contributed by atoms with van der Waals surface area (Å²) in [4.78, 5) is 11.2. The van der Waals surface area contributed by atoms with Crippen LogP contribution < -0.4 is 0 Å². The Labute approximate surface area is 96.5 Å². The van der Waals surface area contributed by atoms with Crippen molar-refractivity contribution in [3.63, 3.8) is 0 Å². The molecule has 2 aromatic carbocycles. The fourth-order valence-corrected chi connectivity index (χ4v) is 2.00. The summed E-state index contributed by atoms with van der Waals surface area (Å²) in [5.74, 6) is -0.985. The molecule has 1 heterocycles. The van der Waals surface area contributed by atoms with Crippen molar-refractivity contribution >= 4 is 27.6 Å². The second-order valence-corrected chi connectivity index (χ2v) is 3.74. The maximum Gasteiger partial charge on any atom is 0.338 e. The number of hydrogen-bond acceptors (Lipinski definition) is 3. The van der Waals surface area contributed by atoms with Crippen LogP contribution in [0.1, 0.15) is 10.4 Å². The minimum absolute atomic E-state index is 0.187. The lowest BCUT2D eigenvalue weighted by molar-refractivity contribution is 0.0698. The maximum atomic E-state index is 11.2. The summed E-state index contributed by atoms with van der Waals surface area (Å²) in [6.45, 7) is 0. The lowest BCUT2D eigenvalue weighted by atomic mass is 10.0. The highest BCUT2D eigenvalue weighted by Gasteiger charge is 2.12. The predicted octanol–water partition coefficient (Wildman–Crippen LogP) is 2.48. The summed E-state index contributed by atoms with van der Waals surface area (Å²) in [6, 6.07) is 11.3. The molecule has 82 valence electrons. The zero-order valence-corrected chi connectivity index (χ0v) is 8.79. The molecule has 3 rings (SSSR count). The van der Waals surface area contributed by atoms with Gasteiger partial charge in [0.2, 0.25) is 0 Å². The van der Waals surface area contributed by atoms with Crippen LogP contribution in [0.5, 0.6) is 0 Å². The summed E-state index contributed by atoms with van der Waals surface area (Å²) in [6.07, 6.45) is 1.29. The van der Waals surface area contributed by atoms with Crippen LogP contribution in [0.25, 0.3) is 21.7 Å². The number of fused-ring (bicyclic) bond motifs is 3. The summed E-state index contributed by atoms with van der Waals surface area (Å²) in [7, 11) is 0. The number of hydrogen-bond donors (Lipinski definition) is 1. The molecule has 0 saturated carbocycles. The molecule has 0 spiro atoms. The molecule has 4 nitrogen and oxygen atoms in total. The normalized spacial score (nSPS) is 10.8. The monoisotopic (exact) mass is 224 g/mol. The molecule has 1 aromatic heterocycles. The fourth-order valence-electron chi connectivity index (χ4n) is 2.00. The first-order chi connectivity index (χ1) is 8.27. The second-order valence-electron chi connectivity index (χ2n) is 3.74. The Kier molecular flexibility index (Phi) is 2.01. The van der Waals surface area contributed by atoms with Crippen LogP contribution in [0, 0.1) is 0 Å². The third-order valence-electron chi connectivity index (χ3n) is 2.76. The van der Waals surface area contributed by atoms with Gasteiger partial charge in [-0.15, -0.1) is 0 Å². The smallest absolute Gasteiger partial charge is 0.338 e. The second kappa shape index (κ2) is 3.52. The Bertz CT molecular complexity index is 738. The minimum Gasteiger partial charge on any atom is -0.478 e. The van der Waals surface area contributed by atoms with Gasteiger partial charge < -0.3 is 5.11 Å². The van der Waals surface area contributed by atoms with E-state index in [1.54, 1.807) is 6.07 Å². The molecule has 1 N–H and O–H groups in total. The number of nitrogens with zero attached hydrogens (tertiary/aromatic N) is 2. The Morgan fingerprint density at radius 2 is 1.94 bits per heavy atom. The number of rotatable bonds is 1. The molecular weight excluding hydrogens is 216 g/mol. The number of carboxylic acid groups (broad SMARTS) is 1. The van der Waals surface area contributed by atoms with E-state index in [9.17, 15) is 9.90 Å².